The third-order valence-corrected chi connectivity index (χ3v) is 6.53. The van der Waals surface area contributed by atoms with Gasteiger partial charge in [0.25, 0.3) is 5.91 Å². The van der Waals surface area contributed by atoms with E-state index in [0.29, 0.717) is 24.8 Å². The summed E-state index contributed by atoms with van der Waals surface area (Å²) in [5.74, 6) is -0.736. The molecule has 116 valence electrons. The van der Waals surface area contributed by atoms with Crippen molar-refractivity contribution in [3.63, 3.8) is 0 Å². The van der Waals surface area contributed by atoms with Crippen LogP contribution < -0.4 is 5.73 Å². The number of nitrogens with two attached hydrogens (primary N) is 1. The first-order chi connectivity index (χ1) is 10.3. The number of fused-ring (bicyclic) bond motifs is 2. The molecule has 0 aliphatic heterocycles. The number of aliphatic hydroxyl groups is 1. The fourth-order valence-corrected chi connectivity index (χ4v) is 5.63. The maximum atomic E-state index is 12.1. The lowest BCUT2D eigenvalue weighted by atomic mass is 9.78. The number of carbonyl (C=O) groups excluding carboxylic acids is 2. The largest absolute Gasteiger partial charge is 0.507 e. The Hall–Kier alpha value is -1.88. The summed E-state index contributed by atoms with van der Waals surface area (Å²) < 4.78 is 0. The zero-order valence-electron chi connectivity index (χ0n) is 12.5. The van der Waals surface area contributed by atoms with E-state index in [2.05, 4.69) is 0 Å². The van der Waals surface area contributed by atoms with E-state index in [1.54, 1.807) is 6.07 Å². The second kappa shape index (κ2) is 3.71. The van der Waals surface area contributed by atoms with Crippen molar-refractivity contribution in [2.75, 3.05) is 0 Å². The average molecular weight is 301 g/mol. The van der Waals surface area contributed by atoms with E-state index in [-0.39, 0.29) is 23.5 Å². The zero-order valence-corrected chi connectivity index (χ0v) is 12.5. The number of hydrogen-bond acceptors (Lipinski definition) is 4. The molecule has 3 aliphatic carbocycles. The molecule has 5 nitrogen and oxygen atoms in total. The molecule has 1 amide bonds. The number of phenols is 1. The van der Waals surface area contributed by atoms with Crippen molar-refractivity contribution in [2.24, 2.45) is 11.1 Å². The van der Waals surface area contributed by atoms with Crippen LogP contribution >= 0.6 is 0 Å². The number of ketones is 1. The van der Waals surface area contributed by atoms with Crippen LogP contribution in [0.1, 0.15) is 54.1 Å². The van der Waals surface area contributed by atoms with E-state index in [0.717, 1.165) is 12.0 Å². The van der Waals surface area contributed by atoms with Gasteiger partial charge in [-0.15, -0.1) is 0 Å². The number of hydrogen-bond donors (Lipinski definition) is 3. The van der Waals surface area contributed by atoms with E-state index >= 15 is 0 Å². The molecule has 0 radical (unpaired) electrons. The predicted molar refractivity (Wildman–Crippen MR) is 78.5 cm³/mol. The molecule has 2 fully saturated rings. The quantitative estimate of drug-likeness (QED) is 0.763. The monoisotopic (exact) mass is 301 g/mol. The van der Waals surface area contributed by atoms with Gasteiger partial charge in [-0.25, -0.2) is 0 Å². The van der Waals surface area contributed by atoms with Crippen molar-refractivity contribution >= 4 is 11.7 Å². The number of carbonyl (C=O) groups is 2. The lowest BCUT2D eigenvalue weighted by Crippen LogP contribution is -2.33. The molecule has 4 rings (SSSR count). The molecule has 0 heterocycles. The first-order valence-electron chi connectivity index (χ1n) is 7.74. The Labute approximate surface area is 128 Å². The standard InChI is InChI=1S/C17H19NO4/c1-2-15-7-9-3-4-11(14(18)21)13(20)12(9)16(15)8-10(19)5-6-17(15,16)22/h3-4,20,22H,2,5-8H2,1H3,(H2,18,21)/t15-,16?,17+/m0/s1. The molecule has 0 bridgehead atoms. The van der Waals surface area contributed by atoms with Crippen LogP contribution in [0.25, 0.3) is 0 Å². The highest BCUT2D eigenvalue weighted by Crippen LogP contribution is 2.84. The van der Waals surface area contributed by atoms with E-state index in [1.807, 2.05) is 6.92 Å². The number of benzene rings is 1. The van der Waals surface area contributed by atoms with Gasteiger partial charge in [0, 0.05) is 29.2 Å². The third-order valence-electron chi connectivity index (χ3n) is 6.53. The van der Waals surface area contributed by atoms with Crippen LogP contribution in [-0.2, 0) is 16.6 Å². The first-order valence-corrected chi connectivity index (χ1v) is 7.74. The Bertz CT molecular complexity index is 742. The molecule has 1 aromatic carbocycles. The highest BCUT2D eigenvalue weighted by Gasteiger charge is 2.89. The Kier molecular flexibility index (Phi) is 2.32. The van der Waals surface area contributed by atoms with Gasteiger partial charge in [0.15, 0.2) is 0 Å². The Morgan fingerprint density at radius 1 is 1.36 bits per heavy atom. The summed E-state index contributed by atoms with van der Waals surface area (Å²) in [6, 6.07) is 3.33. The van der Waals surface area contributed by atoms with Crippen LogP contribution in [0, 0.1) is 5.41 Å². The minimum atomic E-state index is -0.955. The number of Topliss-reactive ketones (excluding diaryl/α,β-unsaturated/α-hetero) is 1. The van der Waals surface area contributed by atoms with Crippen LogP contribution in [0.15, 0.2) is 12.1 Å². The molecule has 0 saturated heterocycles. The van der Waals surface area contributed by atoms with Crippen molar-refractivity contribution in [3.05, 3.63) is 28.8 Å². The Morgan fingerprint density at radius 2 is 2.09 bits per heavy atom. The fraction of sp³-hybridized carbons (Fsp3) is 0.529. The van der Waals surface area contributed by atoms with E-state index in [9.17, 15) is 19.8 Å². The first kappa shape index (κ1) is 13.8. The maximum absolute atomic E-state index is 12.1. The zero-order chi connectivity index (χ0) is 15.9. The normalized spacial score (nSPS) is 38.2. The summed E-state index contributed by atoms with van der Waals surface area (Å²) in [5, 5.41) is 21.8. The molecule has 5 heteroatoms. The van der Waals surface area contributed by atoms with Crippen molar-refractivity contribution < 1.29 is 19.8 Å². The average Bonchev–Trinajstić information content (AvgIpc) is 2.77. The summed E-state index contributed by atoms with van der Waals surface area (Å²) in [7, 11) is 0. The number of rotatable bonds is 2. The number of amides is 1. The lowest BCUT2D eigenvalue weighted by molar-refractivity contribution is -0.122. The van der Waals surface area contributed by atoms with Crippen LogP contribution in [0.4, 0.5) is 0 Å². The second-order valence-corrected chi connectivity index (χ2v) is 6.95. The molecular formula is C17H19NO4. The fourth-order valence-electron chi connectivity index (χ4n) is 5.63. The van der Waals surface area contributed by atoms with Crippen molar-refractivity contribution in [1.29, 1.82) is 0 Å². The van der Waals surface area contributed by atoms with Crippen LogP contribution in [-0.4, -0.2) is 27.5 Å². The van der Waals surface area contributed by atoms with Gasteiger partial charge < -0.3 is 15.9 Å². The van der Waals surface area contributed by atoms with Gasteiger partial charge in [-0.3, -0.25) is 9.59 Å². The molecule has 3 aliphatic rings. The summed E-state index contributed by atoms with van der Waals surface area (Å²) in [6.45, 7) is 2.01. The van der Waals surface area contributed by atoms with E-state index in [4.69, 9.17) is 5.73 Å². The van der Waals surface area contributed by atoms with Gasteiger partial charge in [-0.1, -0.05) is 13.0 Å². The van der Waals surface area contributed by atoms with Crippen molar-refractivity contribution in [2.45, 2.75) is 50.0 Å². The highest BCUT2D eigenvalue weighted by atomic mass is 16.3. The minimum absolute atomic E-state index is 0.0623. The Morgan fingerprint density at radius 3 is 2.73 bits per heavy atom. The molecule has 22 heavy (non-hydrogen) atoms. The maximum Gasteiger partial charge on any atom is 0.252 e. The van der Waals surface area contributed by atoms with Gasteiger partial charge in [0.1, 0.15) is 11.5 Å². The lowest BCUT2D eigenvalue weighted by Gasteiger charge is -2.28. The Balaban J connectivity index is 2.00. The summed E-state index contributed by atoms with van der Waals surface area (Å²) in [4.78, 5) is 23.6. The van der Waals surface area contributed by atoms with Crippen LogP contribution in [0.3, 0.4) is 0 Å². The van der Waals surface area contributed by atoms with Gasteiger partial charge in [0.2, 0.25) is 0 Å². The van der Waals surface area contributed by atoms with E-state index < -0.39 is 22.3 Å². The third kappa shape index (κ3) is 1.11. The predicted octanol–water partition coefficient (Wildman–Crippen LogP) is 1.18. The number of aromatic hydroxyl groups is 1. The molecule has 1 spiro atoms. The molecule has 0 aromatic heterocycles. The minimum Gasteiger partial charge on any atom is -0.507 e. The van der Waals surface area contributed by atoms with Gasteiger partial charge in [-0.05, 0) is 30.9 Å². The van der Waals surface area contributed by atoms with Crippen molar-refractivity contribution in [3.8, 4) is 5.75 Å². The molecule has 2 saturated carbocycles. The van der Waals surface area contributed by atoms with Crippen molar-refractivity contribution in [1.82, 2.24) is 0 Å². The van der Waals surface area contributed by atoms with Gasteiger partial charge in [-0.2, -0.15) is 0 Å². The SMILES string of the molecule is CC[C@]12Cc3ccc(C(N)=O)c(O)c3C13CC(=O)CC[C@]32O. The molecule has 1 aromatic rings. The summed E-state index contributed by atoms with van der Waals surface area (Å²) in [6.07, 6.45) is 2.41. The summed E-state index contributed by atoms with van der Waals surface area (Å²) in [5.41, 5.74) is 4.80. The van der Waals surface area contributed by atoms with Gasteiger partial charge >= 0.3 is 0 Å². The van der Waals surface area contributed by atoms with Crippen LogP contribution in [0.2, 0.25) is 0 Å². The topological polar surface area (TPSA) is 101 Å². The smallest absolute Gasteiger partial charge is 0.252 e. The van der Waals surface area contributed by atoms with Gasteiger partial charge in [0.05, 0.1) is 11.2 Å². The second-order valence-electron chi connectivity index (χ2n) is 6.95. The molecule has 3 atom stereocenters. The summed E-state index contributed by atoms with van der Waals surface area (Å²) >= 11 is 0. The van der Waals surface area contributed by atoms with Crippen LogP contribution in [0.5, 0.6) is 5.75 Å². The number of primary amides is 1. The molecule has 4 N–H and O–H groups in total. The highest BCUT2D eigenvalue weighted by molar-refractivity contribution is 5.97. The molecular weight excluding hydrogens is 282 g/mol. The van der Waals surface area contributed by atoms with E-state index in [1.165, 1.54) is 6.07 Å². The molecule has 1 unspecified atom stereocenters.